The summed E-state index contributed by atoms with van der Waals surface area (Å²) in [5, 5.41) is 107. The van der Waals surface area contributed by atoms with Crippen LogP contribution in [0, 0.1) is 0 Å². The standard InChI is InChI=1S/C68H117N13O30/c1-48(82)70-56-58(86)61(89)65(3,110-63(56)91)40-101-30-27-98-24-21-95-18-15-92-12-9-79-34-50(73-76-79)37-104-41-66(72-54(85)7-5-4-6-8-69,42-105-38-51-35-80(77-74-51)10-13-93-16-19-96-22-25-99-28-31-102-44-67-46-107-55(109-67)33-53(84)60(67)88)43-106-39-52-36-81(78-75-52)11-14-94-17-20-97-23-26-100-29-32-103-45-68-47-108-64(111-68)57(71-49(2)83)59(87)62(68)90/h34-36,53,55-64,84,86-91H,4-33,37-47,69H2,1-3H3,(H,70,82)(H,71,83)(H,72,85). The first kappa shape index (κ1) is 91.2. The molecule has 15 unspecified atom stereocenters. The zero-order valence-electron chi connectivity index (χ0n) is 63.7. The maximum absolute atomic E-state index is 13.8. The number of rotatable bonds is 62. The lowest BCUT2D eigenvalue weighted by Crippen LogP contribution is -2.68. The fourth-order valence-corrected chi connectivity index (χ4v) is 12.4. The number of nitrogens with zero attached hydrogens (tertiary/aromatic N) is 9. The highest BCUT2D eigenvalue weighted by Gasteiger charge is 2.60. The van der Waals surface area contributed by atoms with Gasteiger partial charge in [-0.05, 0) is 26.3 Å². The number of amides is 3. The van der Waals surface area contributed by atoms with E-state index >= 15 is 0 Å². The third-order valence-electron chi connectivity index (χ3n) is 18.3. The molecule has 4 bridgehead atoms. The van der Waals surface area contributed by atoms with Crippen molar-refractivity contribution in [2.24, 2.45) is 5.73 Å². The minimum atomic E-state index is -1.55. The summed E-state index contributed by atoms with van der Waals surface area (Å²) in [4.78, 5) is 36.8. The molecule has 3 amide bonds. The van der Waals surface area contributed by atoms with Crippen LogP contribution in [0.4, 0.5) is 0 Å². The highest BCUT2D eigenvalue weighted by Crippen LogP contribution is 2.39. The summed E-state index contributed by atoms with van der Waals surface area (Å²) < 4.78 is 120. The number of hydrogen-bond acceptors (Lipinski definition) is 37. The molecule has 0 saturated carbocycles. The summed E-state index contributed by atoms with van der Waals surface area (Å²) in [6, 6.07) is -2.10. The molecule has 0 aliphatic carbocycles. The first-order chi connectivity index (χ1) is 53.7. The van der Waals surface area contributed by atoms with Crippen molar-refractivity contribution in [1.82, 2.24) is 60.9 Å². The predicted molar refractivity (Wildman–Crippen MR) is 376 cm³/mol. The molecule has 5 aliphatic rings. The Bertz CT molecular complexity index is 3080. The Hall–Kier alpha value is -5.29. The summed E-state index contributed by atoms with van der Waals surface area (Å²) in [6.07, 6.45) is -2.83. The van der Waals surface area contributed by atoms with Crippen molar-refractivity contribution < 1.29 is 145 Å². The second kappa shape index (κ2) is 48.9. The molecule has 111 heavy (non-hydrogen) atoms. The van der Waals surface area contributed by atoms with E-state index in [1.807, 2.05) is 0 Å². The van der Waals surface area contributed by atoms with Gasteiger partial charge in [-0.2, -0.15) is 0 Å². The van der Waals surface area contributed by atoms with Crippen LogP contribution in [0.2, 0.25) is 0 Å². The molecule has 634 valence electrons. The van der Waals surface area contributed by atoms with E-state index in [2.05, 4.69) is 46.9 Å². The molecule has 3 aromatic rings. The number of hydrogen-bond donors (Lipinski definition) is 11. The molecule has 43 nitrogen and oxygen atoms in total. The van der Waals surface area contributed by atoms with E-state index in [9.17, 15) is 50.1 Å². The molecule has 8 heterocycles. The first-order valence-electron chi connectivity index (χ1n) is 37.7. The minimum absolute atomic E-state index is 0.00820. The van der Waals surface area contributed by atoms with Crippen molar-refractivity contribution in [3.63, 3.8) is 0 Å². The lowest BCUT2D eigenvalue weighted by atomic mass is 9.87. The van der Waals surface area contributed by atoms with Crippen LogP contribution in [0.5, 0.6) is 0 Å². The number of ether oxygens (including phenoxy) is 20. The van der Waals surface area contributed by atoms with Gasteiger partial charge in [-0.1, -0.05) is 22.1 Å². The van der Waals surface area contributed by atoms with E-state index in [1.165, 1.54) is 20.8 Å². The first-order valence-corrected chi connectivity index (χ1v) is 37.7. The van der Waals surface area contributed by atoms with Crippen LogP contribution in [0.25, 0.3) is 0 Å². The maximum atomic E-state index is 13.8. The molecule has 15 atom stereocenters. The zero-order chi connectivity index (χ0) is 79.2. The monoisotopic (exact) mass is 1600 g/mol. The molecule has 3 aromatic heterocycles. The third kappa shape index (κ3) is 30.7. The second-order valence-electron chi connectivity index (χ2n) is 27.7. The number of carbonyl (C=O) groups is 3. The van der Waals surface area contributed by atoms with Gasteiger partial charge in [-0.3, -0.25) is 14.4 Å². The van der Waals surface area contributed by atoms with E-state index in [4.69, 9.17) is 100 Å². The average molecular weight is 1600 g/mol. The number of aliphatic hydroxyl groups is 7. The Morgan fingerprint density at radius 2 is 0.883 bits per heavy atom. The number of aliphatic hydroxyl groups excluding tert-OH is 7. The van der Waals surface area contributed by atoms with E-state index < -0.39 is 95.8 Å². The summed E-state index contributed by atoms with van der Waals surface area (Å²) in [6.45, 7) is 11.6. The summed E-state index contributed by atoms with van der Waals surface area (Å²) in [5.74, 6) is -1.13. The van der Waals surface area contributed by atoms with Gasteiger partial charge in [-0.15, -0.1) is 15.3 Å². The van der Waals surface area contributed by atoms with Gasteiger partial charge in [0.25, 0.3) is 0 Å². The lowest BCUT2D eigenvalue weighted by Gasteiger charge is -2.46. The Morgan fingerprint density at radius 3 is 1.32 bits per heavy atom. The number of nitrogens with one attached hydrogen (secondary N) is 3. The minimum Gasteiger partial charge on any atom is -0.390 e. The molecule has 5 fully saturated rings. The molecule has 43 heteroatoms. The summed E-state index contributed by atoms with van der Waals surface area (Å²) in [7, 11) is 0. The normalized spacial score (nSPS) is 26.9. The lowest BCUT2D eigenvalue weighted by molar-refractivity contribution is -0.297. The average Bonchev–Trinajstić information content (AvgIpc) is 1.63. The molecule has 12 N–H and O–H groups in total. The molecular formula is C68H117N13O30. The van der Waals surface area contributed by atoms with Crippen molar-refractivity contribution >= 4 is 17.7 Å². The molecule has 0 radical (unpaired) electrons. The van der Waals surface area contributed by atoms with Gasteiger partial charge in [0.05, 0.1) is 256 Å². The van der Waals surface area contributed by atoms with Gasteiger partial charge in [0.15, 0.2) is 18.9 Å². The fraction of sp³-hybridized carbons (Fsp3) is 0.868. The van der Waals surface area contributed by atoms with E-state index in [-0.39, 0.29) is 137 Å². The third-order valence-corrected chi connectivity index (χ3v) is 18.3. The van der Waals surface area contributed by atoms with E-state index in [0.29, 0.717) is 149 Å². The largest absolute Gasteiger partial charge is 0.390 e. The number of aromatic nitrogens is 9. The Kier molecular flexibility index (Phi) is 40.2. The quantitative estimate of drug-likeness (QED) is 0.0234. The van der Waals surface area contributed by atoms with Gasteiger partial charge in [-0.25, -0.2) is 14.0 Å². The van der Waals surface area contributed by atoms with Crippen LogP contribution in [0.1, 0.15) is 70.0 Å². The molecular weight excluding hydrogens is 1480 g/mol. The SMILES string of the molecule is CC(=O)NC1C(O)OC(C)(COCCOCCOCCOCCn2cc(COCC(COCc3cn(CCOCCOCCOCCOCC45COC(CC(O)C4O)O5)nn3)(COCc3cn(CCOCCOCCOCCOCC45COC(O4)C(NC(C)=O)C(O)C5O)nn3)NC(=O)CCCCCN)nn2)C(O)C1O. The fourth-order valence-electron chi connectivity index (χ4n) is 12.4. The van der Waals surface area contributed by atoms with Gasteiger partial charge in [0.2, 0.25) is 17.7 Å². The Morgan fingerprint density at radius 1 is 0.486 bits per heavy atom. The van der Waals surface area contributed by atoms with Crippen LogP contribution in [-0.2, 0) is 149 Å². The van der Waals surface area contributed by atoms with Crippen LogP contribution in [0.15, 0.2) is 18.6 Å². The van der Waals surface area contributed by atoms with Crippen LogP contribution in [0.3, 0.4) is 0 Å². The van der Waals surface area contributed by atoms with Crippen molar-refractivity contribution in [2.45, 2.75) is 182 Å². The maximum Gasteiger partial charge on any atom is 0.220 e. The van der Waals surface area contributed by atoms with Crippen LogP contribution in [-0.4, -0.2) is 387 Å². The Balaban J connectivity index is 0.725. The van der Waals surface area contributed by atoms with Crippen molar-refractivity contribution in [2.75, 3.05) is 198 Å². The number of carbonyl (C=O) groups excluding carboxylic acids is 3. The smallest absolute Gasteiger partial charge is 0.220 e. The molecule has 0 spiro atoms. The zero-order valence-corrected chi connectivity index (χ0v) is 63.7. The molecule has 0 aromatic carbocycles. The highest BCUT2D eigenvalue weighted by atomic mass is 16.8. The van der Waals surface area contributed by atoms with Crippen molar-refractivity contribution in [1.29, 1.82) is 0 Å². The number of nitrogens with two attached hydrogens (primary N) is 1. The summed E-state index contributed by atoms with van der Waals surface area (Å²) >= 11 is 0. The van der Waals surface area contributed by atoms with Crippen LogP contribution >= 0.6 is 0 Å². The summed E-state index contributed by atoms with van der Waals surface area (Å²) in [5.41, 5.74) is 2.29. The second-order valence-corrected chi connectivity index (χ2v) is 27.7. The van der Waals surface area contributed by atoms with Crippen molar-refractivity contribution in [3.05, 3.63) is 35.7 Å². The van der Waals surface area contributed by atoms with E-state index in [1.54, 1.807) is 32.6 Å². The van der Waals surface area contributed by atoms with E-state index in [0.717, 1.165) is 12.8 Å². The van der Waals surface area contributed by atoms with Crippen molar-refractivity contribution in [3.8, 4) is 0 Å². The highest BCUT2D eigenvalue weighted by molar-refractivity contribution is 5.77. The predicted octanol–water partition coefficient (Wildman–Crippen LogP) is -6.09. The Labute approximate surface area is 643 Å². The van der Waals surface area contributed by atoms with Gasteiger partial charge < -0.3 is 152 Å². The topological polar surface area (TPSA) is 532 Å². The van der Waals surface area contributed by atoms with Gasteiger partial charge in [0.1, 0.15) is 82.0 Å². The van der Waals surface area contributed by atoms with Crippen LogP contribution < -0.4 is 21.7 Å². The molecule has 5 saturated heterocycles. The number of fused-ring (bicyclic) bond motifs is 4. The molecule has 5 aliphatic heterocycles. The molecule has 8 rings (SSSR count). The van der Waals surface area contributed by atoms with Gasteiger partial charge in [0, 0.05) is 26.7 Å². The number of unbranched alkanes of at least 4 members (excludes halogenated alkanes) is 2. The van der Waals surface area contributed by atoms with Gasteiger partial charge >= 0.3 is 0 Å².